The van der Waals surface area contributed by atoms with Crippen molar-refractivity contribution in [1.82, 2.24) is 4.90 Å². The highest BCUT2D eigenvalue weighted by Crippen LogP contribution is 2.38. The lowest BCUT2D eigenvalue weighted by Gasteiger charge is -2.25. The van der Waals surface area contributed by atoms with Gasteiger partial charge in [0.25, 0.3) is 5.91 Å². The monoisotopic (exact) mass is 411 g/mol. The Morgan fingerprint density at radius 3 is 2.52 bits per heavy atom. The molecule has 0 radical (unpaired) electrons. The van der Waals surface area contributed by atoms with Crippen LogP contribution in [-0.2, 0) is 4.74 Å². The highest BCUT2D eigenvalue weighted by atomic mass is 35.5. The quantitative estimate of drug-likeness (QED) is 0.607. The molecule has 0 aliphatic carbocycles. The lowest BCUT2D eigenvalue weighted by molar-refractivity contribution is 0.0663. The van der Waals surface area contributed by atoms with E-state index in [-0.39, 0.29) is 17.1 Å². The van der Waals surface area contributed by atoms with Crippen LogP contribution in [0.15, 0.2) is 51.7 Å². The molecular weight excluding hydrogens is 390 g/mol. The van der Waals surface area contributed by atoms with Gasteiger partial charge in [-0.05, 0) is 35.2 Å². The third-order valence-corrected chi connectivity index (χ3v) is 5.62. The van der Waals surface area contributed by atoms with Crippen molar-refractivity contribution in [3.63, 3.8) is 0 Å². The van der Waals surface area contributed by atoms with Crippen LogP contribution in [0.5, 0.6) is 0 Å². The van der Waals surface area contributed by atoms with Gasteiger partial charge in [-0.1, -0.05) is 49.7 Å². The molecule has 1 aliphatic heterocycles. The van der Waals surface area contributed by atoms with Gasteiger partial charge >= 0.3 is 0 Å². The van der Waals surface area contributed by atoms with E-state index in [2.05, 4.69) is 13.8 Å². The van der Waals surface area contributed by atoms with Gasteiger partial charge in [-0.2, -0.15) is 0 Å². The van der Waals surface area contributed by atoms with Crippen molar-refractivity contribution >= 4 is 28.5 Å². The van der Waals surface area contributed by atoms with Gasteiger partial charge in [0, 0.05) is 18.7 Å². The molecule has 1 aromatic heterocycles. The van der Waals surface area contributed by atoms with Gasteiger partial charge in [-0.25, -0.2) is 0 Å². The third kappa shape index (κ3) is 3.34. The number of amides is 1. The number of methoxy groups -OCH3 is 1. The normalized spacial score (nSPS) is 16.1. The van der Waals surface area contributed by atoms with Crippen molar-refractivity contribution in [3.05, 3.63) is 80.2 Å². The van der Waals surface area contributed by atoms with Crippen LogP contribution in [0, 0.1) is 0 Å². The number of halogens is 1. The summed E-state index contributed by atoms with van der Waals surface area (Å²) < 4.78 is 11.1. The molecule has 6 heteroatoms. The summed E-state index contributed by atoms with van der Waals surface area (Å²) in [6.07, 6.45) is 0. The molecule has 1 aliphatic rings. The number of carbonyl (C=O) groups is 1. The van der Waals surface area contributed by atoms with Crippen LogP contribution >= 0.6 is 11.6 Å². The van der Waals surface area contributed by atoms with Crippen molar-refractivity contribution in [3.8, 4) is 0 Å². The van der Waals surface area contributed by atoms with E-state index in [1.165, 1.54) is 5.56 Å². The zero-order valence-electron chi connectivity index (χ0n) is 16.6. The molecular formula is C23H22ClNO4. The molecule has 2 heterocycles. The van der Waals surface area contributed by atoms with Crippen molar-refractivity contribution < 1.29 is 13.9 Å². The highest BCUT2D eigenvalue weighted by Gasteiger charge is 2.42. The zero-order valence-corrected chi connectivity index (χ0v) is 17.3. The summed E-state index contributed by atoms with van der Waals surface area (Å²) in [6.45, 7) is 4.96. The van der Waals surface area contributed by atoms with Gasteiger partial charge in [-0.15, -0.1) is 0 Å². The van der Waals surface area contributed by atoms with E-state index >= 15 is 0 Å². The van der Waals surface area contributed by atoms with E-state index in [0.717, 1.165) is 5.56 Å². The zero-order chi connectivity index (χ0) is 20.7. The number of ether oxygens (including phenoxy) is 1. The number of nitrogens with zero attached hydrogens (tertiary/aromatic N) is 1. The molecule has 0 saturated carbocycles. The fraction of sp³-hybridized carbons (Fsp3) is 0.304. The number of rotatable bonds is 5. The summed E-state index contributed by atoms with van der Waals surface area (Å²) in [7, 11) is 1.58. The molecule has 3 aromatic rings. The van der Waals surface area contributed by atoms with Crippen LogP contribution in [0.25, 0.3) is 11.0 Å². The minimum atomic E-state index is -0.520. The molecule has 0 fully saturated rings. The fourth-order valence-corrected chi connectivity index (χ4v) is 3.99. The van der Waals surface area contributed by atoms with Gasteiger partial charge in [0.05, 0.1) is 23.6 Å². The van der Waals surface area contributed by atoms with Crippen molar-refractivity contribution in [2.45, 2.75) is 25.8 Å². The maximum Gasteiger partial charge on any atom is 0.290 e. The average Bonchev–Trinajstić information content (AvgIpc) is 2.99. The molecule has 2 aromatic carbocycles. The molecule has 150 valence electrons. The Hall–Kier alpha value is -2.63. The van der Waals surface area contributed by atoms with Gasteiger partial charge in [0.2, 0.25) is 5.76 Å². The molecule has 0 saturated heterocycles. The van der Waals surface area contributed by atoms with Gasteiger partial charge < -0.3 is 14.1 Å². The predicted molar refractivity (Wildman–Crippen MR) is 113 cm³/mol. The maximum absolute atomic E-state index is 13.4. The van der Waals surface area contributed by atoms with E-state index in [1.807, 2.05) is 24.3 Å². The summed E-state index contributed by atoms with van der Waals surface area (Å²) in [5, 5.41) is 0.824. The van der Waals surface area contributed by atoms with Crippen LogP contribution < -0.4 is 5.43 Å². The summed E-state index contributed by atoms with van der Waals surface area (Å²) in [5.74, 6) is 0.185. The van der Waals surface area contributed by atoms with Crippen LogP contribution in [0.3, 0.4) is 0 Å². The first-order valence-corrected chi connectivity index (χ1v) is 9.96. The number of fused-ring (bicyclic) bond motifs is 2. The summed E-state index contributed by atoms with van der Waals surface area (Å²) in [5.41, 5.74) is 2.55. The molecule has 0 bridgehead atoms. The predicted octanol–water partition coefficient (Wildman–Crippen LogP) is 4.76. The van der Waals surface area contributed by atoms with Crippen LogP contribution in [0.2, 0.25) is 5.02 Å². The third-order valence-electron chi connectivity index (χ3n) is 5.38. The van der Waals surface area contributed by atoms with E-state index in [1.54, 1.807) is 30.2 Å². The second-order valence-corrected chi connectivity index (χ2v) is 7.97. The first-order chi connectivity index (χ1) is 13.9. The Balaban J connectivity index is 1.92. The largest absolute Gasteiger partial charge is 0.450 e. The van der Waals surface area contributed by atoms with E-state index < -0.39 is 6.04 Å². The molecule has 1 amide bonds. The van der Waals surface area contributed by atoms with Crippen molar-refractivity contribution in [1.29, 1.82) is 0 Å². The Morgan fingerprint density at radius 2 is 1.86 bits per heavy atom. The van der Waals surface area contributed by atoms with Crippen LogP contribution in [-0.4, -0.2) is 31.1 Å². The van der Waals surface area contributed by atoms with E-state index in [9.17, 15) is 9.59 Å². The summed E-state index contributed by atoms with van der Waals surface area (Å²) in [6, 6.07) is 12.4. The molecule has 1 atom stereocenters. The van der Waals surface area contributed by atoms with Crippen LogP contribution in [0.1, 0.15) is 53.1 Å². The van der Waals surface area contributed by atoms with Crippen molar-refractivity contribution in [2.75, 3.05) is 20.3 Å². The molecule has 29 heavy (non-hydrogen) atoms. The second-order valence-electron chi connectivity index (χ2n) is 7.53. The summed E-state index contributed by atoms with van der Waals surface area (Å²) >= 11 is 6.09. The lowest BCUT2D eigenvalue weighted by Crippen LogP contribution is -2.32. The number of benzene rings is 2. The van der Waals surface area contributed by atoms with E-state index in [4.69, 9.17) is 20.8 Å². The number of carbonyl (C=O) groups excluding carboxylic acids is 1. The fourth-order valence-electron chi connectivity index (χ4n) is 3.82. The molecule has 4 rings (SSSR count). The smallest absolute Gasteiger partial charge is 0.290 e. The maximum atomic E-state index is 13.4. The molecule has 0 N–H and O–H groups in total. The van der Waals surface area contributed by atoms with Gasteiger partial charge in [0.15, 0.2) is 5.43 Å². The number of hydrogen-bond donors (Lipinski definition) is 0. The van der Waals surface area contributed by atoms with Crippen LogP contribution in [0.4, 0.5) is 0 Å². The summed E-state index contributed by atoms with van der Waals surface area (Å²) in [4.78, 5) is 28.1. The standard InChI is InChI=1S/C23H22ClNO4/c1-13(2)14-4-6-15(7-5-14)20-19-21(26)17-12-16(24)8-9-18(17)29-22(19)23(27)25(20)10-11-28-3/h4-9,12-13,20H,10-11H2,1-3H3. The minimum absolute atomic E-state index is 0.0962. The first-order valence-electron chi connectivity index (χ1n) is 9.58. The van der Waals surface area contributed by atoms with Gasteiger partial charge in [0.1, 0.15) is 5.58 Å². The van der Waals surface area contributed by atoms with Crippen molar-refractivity contribution in [2.24, 2.45) is 0 Å². The Labute approximate surface area is 173 Å². The Kier molecular flexibility index (Phi) is 5.19. The lowest BCUT2D eigenvalue weighted by atomic mass is 9.95. The molecule has 5 nitrogen and oxygen atoms in total. The van der Waals surface area contributed by atoms with E-state index in [0.29, 0.717) is 40.6 Å². The Morgan fingerprint density at radius 1 is 1.14 bits per heavy atom. The second kappa shape index (κ2) is 7.65. The highest BCUT2D eigenvalue weighted by molar-refractivity contribution is 6.31. The molecule has 0 spiro atoms. The minimum Gasteiger partial charge on any atom is -0.450 e. The average molecular weight is 412 g/mol. The number of hydrogen-bond acceptors (Lipinski definition) is 4. The SMILES string of the molecule is COCCN1C(=O)c2oc3ccc(Cl)cc3c(=O)c2C1c1ccc(C(C)C)cc1. The van der Waals surface area contributed by atoms with Gasteiger partial charge in [-0.3, -0.25) is 9.59 Å². The first kappa shape index (κ1) is 19.7. The topological polar surface area (TPSA) is 59.8 Å². The Bertz CT molecular complexity index is 1130. The molecule has 1 unspecified atom stereocenters.